The molecule has 1 aliphatic heterocycles. The van der Waals surface area contributed by atoms with Crippen LogP contribution in [0.4, 0.5) is 0 Å². The first kappa shape index (κ1) is 17.4. The highest BCUT2D eigenvalue weighted by Crippen LogP contribution is 2.32. The van der Waals surface area contributed by atoms with Gasteiger partial charge in [0.2, 0.25) is 17.7 Å². The van der Waals surface area contributed by atoms with E-state index in [1.807, 2.05) is 48.2 Å². The van der Waals surface area contributed by atoms with Crippen molar-refractivity contribution in [2.75, 3.05) is 6.54 Å². The number of hydrogen-bond acceptors (Lipinski definition) is 5. The molecular weight excluding hydrogens is 340 g/mol. The molecule has 2 aromatic heterocycles. The molecule has 3 heterocycles. The largest absolute Gasteiger partial charge is 0.421 e. The lowest BCUT2D eigenvalue weighted by Gasteiger charge is -2.24. The van der Waals surface area contributed by atoms with Gasteiger partial charge >= 0.3 is 0 Å². The highest BCUT2D eigenvalue weighted by molar-refractivity contribution is 5.77. The molecule has 3 aromatic rings. The molecule has 0 spiro atoms. The van der Waals surface area contributed by atoms with Crippen molar-refractivity contribution >= 4 is 5.91 Å². The minimum atomic E-state index is 0.129. The summed E-state index contributed by atoms with van der Waals surface area (Å²) in [6.07, 6.45) is 6.40. The van der Waals surface area contributed by atoms with Crippen LogP contribution in [0.15, 0.2) is 53.2 Å². The summed E-state index contributed by atoms with van der Waals surface area (Å²) in [6.45, 7) is 2.83. The predicted octanol–water partition coefficient (Wildman–Crippen LogP) is 3.74. The summed E-state index contributed by atoms with van der Waals surface area (Å²) in [7, 11) is 0. The summed E-state index contributed by atoms with van der Waals surface area (Å²) in [5.41, 5.74) is 3.22. The van der Waals surface area contributed by atoms with Crippen molar-refractivity contribution in [2.45, 2.75) is 38.6 Å². The van der Waals surface area contributed by atoms with Crippen LogP contribution in [0.3, 0.4) is 0 Å². The molecule has 4 rings (SSSR count). The van der Waals surface area contributed by atoms with Gasteiger partial charge in [0.1, 0.15) is 0 Å². The molecule has 1 saturated heterocycles. The second-order valence-corrected chi connectivity index (χ2v) is 6.89. The molecule has 1 amide bonds. The van der Waals surface area contributed by atoms with Gasteiger partial charge in [-0.1, -0.05) is 17.7 Å². The predicted molar refractivity (Wildman–Crippen MR) is 101 cm³/mol. The van der Waals surface area contributed by atoms with E-state index in [1.165, 1.54) is 5.56 Å². The fourth-order valence-corrected chi connectivity index (χ4v) is 3.52. The SMILES string of the molecule is Cc1ccc(-c2nnc(CCC(=O)N3CCC[C@H]3c3ccncc3)o2)cc1. The summed E-state index contributed by atoms with van der Waals surface area (Å²) in [6, 6.07) is 12.1. The molecular formula is C21H22N4O2. The smallest absolute Gasteiger partial charge is 0.247 e. The van der Waals surface area contributed by atoms with Crippen molar-refractivity contribution < 1.29 is 9.21 Å². The molecule has 0 N–H and O–H groups in total. The summed E-state index contributed by atoms with van der Waals surface area (Å²) >= 11 is 0. The minimum Gasteiger partial charge on any atom is -0.421 e. The van der Waals surface area contributed by atoms with Crippen LogP contribution >= 0.6 is 0 Å². The average molecular weight is 362 g/mol. The number of benzene rings is 1. The number of carbonyl (C=O) groups excluding carboxylic acids is 1. The van der Waals surface area contributed by atoms with Gasteiger partial charge in [-0.3, -0.25) is 9.78 Å². The average Bonchev–Trinajstić information content (AvgIpc) is 3.37. The second kappa shape index (κ2) is 7.70. The number of rotatable bonds is 5. The van der Waals surface area contributed by atoms with Gasteiger partial charge in [-0.2, -0.15) is 0 Å². The Morgan fingerprint density at radius 2 is 1.93 bits per heavy atom. The minimum absolute atomic E-state index is 0.129. The Morgan fingerprint density at radius 1 is 1.15 bits per heavy atom. The van der Waals surface area contributed by atoms with Gasteiger partial charge in [-0.15, -0.1) is 10.2 Å². The number of nitrogens with zero attached hydrogens (tertiary/aromatic N) is 4. The fraction of sp³-hybridized carbons (Fsp3) is 0.333. The molecule has 138 valence electrons. The zero-order valence-electron chi connectivity index (χ0n) is 15.3. The standard InChI is InChI=1S/C21H22N4O2/c1-15-4-6-17(7-5-15)21-24-23-19(27-21)8-9-20(26)25-14-2-3-18(25)16-10-12-22-13-11-16/h4-7,10-13,18H,2-3,8-9,14H2,1H3/t18-/m0/s1. The summed E-state index contributed by atoms with van der Waals surface area (Å²) in [5, 5.41) is 8.20. The maximum absolute atomic E-state index is 12.7. The maximum Gasteiger partial charge on any atom is 0.247 e. The molecule has 0 radical (unpaired) electrons. The molecule has 0 aliphatic carbocycles. The molecule has 0 saturated carbocycles. The van der Waals surface area contributed by atoms with Crippen molar-refractivity contribution in [3.05, 3.63) is 65.8 Å². The first-order valence-corrected chi connectivity index (χ1v) is 9.29. The van der Waals surface area contributed by atoms with Crippen molar-refractivity contribution in [1.29, 1.82) is 0 Å². The summed E-state index contributed by atoms with van der Waals surface area (Å²) < 4.78 is 5.73. The third kappa shape index (κ3) is 3.89. The number of carbonyl (C=O) groups is 1. The lowest BCUT2D eigenvalue weighted by molar-refractivity contribution is -0.132. The Bertz CT molecular complexity index is 905. The van der Waals surface area contributed by atoms with E-state index in [9.17, 15) is 4.79 Å². The zero-order chi connectivity index (χ0) is 18.6. The van der Waals surface area contributed by atoms with Gasteiger partial charge in [-0.05, 0) is 49.6 Å². The van der Waals surface area contributed by atoms with Crippen LogP contribution < -0.4 is 0 Å². The topological polar surface area (TPSA) is 72.1 Å². The Balaban J connectivity index is 1.39. The number of likely N-dealkylation sites (tertiary alicyclic amines) is 1. The van der Waals surface area contributed by atoms with Crippen molar-refractivity contribution in [2.24, 2.45) is 0 Å². The van der Waals surface area contributed by atoms with Crippen molar-refractivity contribution in [3.63, 3.8) is 0 Å². The monoisotopic (exact) mass is 362 g/mol. The van der Waals surface area contributed by atoms with E-state index in [0.29, 0.717) is 24.6 Å². The van der Waals surface area contributed by atoms with Gasteiger partial charge in [-0.25, -0.2) is 0 Å². The Morgan fingerprint density at radius 3 is 2.70 bits per heavy atom. The third-order valence-corrected chi connectivity index (χ3v) is 4.98. The van der Waals surface area contributed by atoms with Crippen LogP contribution in [-0.2, 0) is 11.2 Å². The lowest BCUT2D eigenvalue weighted by atomic mass is 10.1. The summed E-state index contributed by atoms with van der Waals surface area (Å²) in [5.74, 6) is 1.12. The Labute approximate surface area is 158 Å². The van der Waals surface area contributed by atoms with Gasteiger partial charge in [0.25, 0.3) is 0 Å². The second-order valence-electron chi connectivity index (χ2n) is 6.89. The van der Waals surface area contributed by atoms with Crippen molar-refractivity contribution in [1.82, 2.24) is 20.1 Å². The number of aromatic nitrogens is 3. The molecule has 6 nitrogen and oxygen atoms in total. The van der Waals surface area contributed by atoms with Crippen LogP contribution in [0, 0.1) is 6.92 Å². The van der Waals surface area contributed by atoms with E-state index in [0.717, 1.165) is 30.5 Å². The van der Waals surface area contributed by atoms with Gasteiger partial charge in [0, 0.05) is 37.3 Å². The number of hydrogen-bond donors (Lipinski definition) is 0. The van der Waals surface area contributed by atoms with E-state index in [4.69, 9.17) is 4.42 Å². The quantitative estimate of drug-likeness (QED) is 0.691. The van der Waals surface area contributed by atoms with E-state index in [-0.39, 0.29) is 11.9 Å². The highest BCUT2D eigenvalue weighted by atomic mass is 16.4. The molecule has 1 aliphatic rings. The number of pyridine rings is 1. The van der Waals surface area contributed by atoms with E-state index < -0.39 is 0 Å². The molecule has 27 heavy (non-hydrogen) atoms. The lowest BCUT2D eigenvalue weighted by Crippen LogP contribution is -2.30. The molecule has 6 heteroatoms. The van der Waals surface area contributed by atoms with Gasteiger partial charge < -0.3 is 9.32 Å². The third-order valence-electron chi connectivity index (χ3n) is 4.98. The number of aryl methyl sites for hydroxylation is 2. The van der Waals surface area contributed by atoms with Crippen LogP contribution in [0.25, 0.3) is 11.5 Å². The Kier molecular flexibility index (Phi) is 4.96. The molecule has 1 fully saturated rings. The fourth-order valence-electron chi connectivity index (χ4n) is 3.52. The first-order chi connectivity index (χ1) is 13.2. The molecule has 0 unspecified atom stereocenters. The molecule has 0 bridgehead atoms. The van der Waals surface area contributed by atoms with Gasteiger partial charge in [0.05, 0.1) is 6.04 Å². The Hall–Kier alpha value is -3.02. The van der Waals surface area contributed by atoms with E-state index >= 15 is 0 Å². The van der Waals surface area contributed by atoms with E-state index in [1.54, 1.807) is 12.4 Å². The van der Waals surface area contributed by atoms with E-state index in [2.05, 4.69) is 15.2 Å². The first-order valence-electron chi connectivity index (χ1n) is 9.29. The van der Waals surface area contributed by atoms with Crippen LogP contribution in [-0.4, -0.2) is 32.5 Å². The normalized spacial score (nSPS) is 16.6. The van der Waals surface area contributed by atoms with Crippen molar-refractivity contribution in [3.8, 4) is 11.5 Å². The van der Waals surface area contributed by atoms with Crippen LogP contribution in [0.2, 0.25) is 0 Å². The maximum atomic E-state index is 12.7. The number of amides is 1. The highest BCUT2D eigenvalue weighted by Gasteiger charge is 2.29. The molecule has 1 atom stereocenters. The summed E-state index contributed by atoms with van der Waals surface area (Å²) in [4.78, 5) is 18.8. The van der Waals surface area contributed by atoms with Crippen LogP contribution in [0.1, 0.15) is 42.3 Å². The zero-order valence-corrected chi connectivity index (χ0v) is 15.3. The van der Waals surface area contributed by atoms with Crippen LogP contribution in [0.5, 0.6) is 0 Å². The molecule has 1 aromatic carbocycles. The van der Waals surface area contributed by atoms with Gasteiger partial charge in [0.15, 0.2) is 0 Å².